The molecule has 0 radical (unpaired) electrons. The van der Waals surface area contributed by atoms with Gasteiger partial charge >= 0.3 is 0 Å². The van der Waals surface area contributed by atoms with Crippen LogP contribution in [0, 0.1) is 0 Å². The molecule has 4 N–H and O–H groups in total. The maximum atomic E-state index is 6.36. The van der Waals surface area contributed by atoms with E-state index >= 15 is 0 Å². The molecular weight excluding hydrogens is 330 g/mol. The first-order chi connectivity index (χ1) is 12.3. The van der Waals surface area contributed by atoms with Gasteiger partial charge in [-0.05, 0) is 24.5 Å². The highest BCUT2D eigenvalue weighted by molar-refractivity contribution is 8.06. The van der Waals surface area contributed by atoms with E-state index in [2.05, 4.69) is 38.1 Å². The molecule has 0 amide bonds. The molecule has 0 saturated heterocycles. The largest absolute Gasteiger partial charge is 0.395 e. The number of nitrogens with zero attached hydrogens (tertiary/aromatic N) is 2. The number of hydrogen-bond acceptors (Lipinski definition) is 6. The molecule has 1 aliphatic heterocycles. The summed E-state index contributed by atoms with van der Waals surface area (Å²) in [7, 11) is 0. The lowest BCUT2D eigenvalue weighted by Gasteiger charge is -2.13. The van der Waals surface area contributed by atoms with Crippen LogP contribution in [0.25, 0.3) is 11.4 Å². The normalized spacial score (nSPS) is 19.4. The Bertz CT molecular complexity index is 810. The van der Waals surface area contributed by atoms with Crippen molar-refractivity contribution in [3.05, 3.63) is 64.3 Å². The lowest BCUT2D eigenvalue weighted by molar-refractivity contribution is 0.743. The summed E-state index contributed by atoms with van der Waals surface area (Å²) in [6.45, 7) is 0. The summed E-state index contributed by atoms with van der Waals surface area (Å²) in [4.78, 5) is 8.93. The molecule has 2 aliphatic rings. The van der Waals surface area contributed by atoms with Gasteiger partial charge in [-0.1, -0.05) is 54.9 Å². The van der Waals surface area contributed by atoms with Crippen LogP contribution in [-0.4, -0.2) is 16.0 Å². The Morgan fingerprint density at radius 1 is 1.16 bits per heavy atom. The highest BCUT2D eigenvalue weighted by Gasteiger charge is 2.18. The third-order valence-corrected chi connectivity index (χ3v) is 5.40. The molecule has 6 heteroatoms. The summed E-state index contributed by atoms with van der Waals surface area (Å²) < 4.78 is 0. The van der Waals surface area contributed by atoms with E-state index < -0.39 is 0 Å². The molecule has 0 atom stereocenters. The molecule has 4 rings (SSSR count). The van der Waals surface area contributed by atoms with Crippen LogP contribution in [0.3, 0.4) is 0 Å². The fourth-order valence-electron chi connectivity index (χ4n) is 3.14. The maximum Gasteiger partial charge on any atom is 0.223 e. The average molecular weight is 351 g/mol. The minimum atomic E-state index is 0.481. The number of thioether (sulfide) groups is 1. The molecule has 0 unspecified atom stereocenters. The topological polar surface area (TPSA) is 75.9 Å². The van der Waals surface area contributed by atoms with Gasteiger partial charge in [-0.3, -0.25) is 0 Å². The molecule has 1 fully saturated rings. The number of rotatable bonds is 4. The molecule has 128 valence electrons. The van der Waals surface area contributed by atoms with E-state index in [0.29, 0.717) is 17.7 Å². The van der Waals surface area contributed by atoms with Crippen LogP contribution >= 0.6 is 11.8 Å². The standard InChI is InChI=1S/C19H21N5S/c20-17(18-23-16(12-25-18)13-6-2-1-3-7-13)15-10-11-21-19(24-15)22-14-8-4-5-9-14/h1-3,6-7,10-12,14,23H,4-5,8-9,20H2,(H,21,22,24)/b18-17+. The van der Waals surface area contributed by atoms with Gasteiger partial charge in [0.05, 0.1) is 17.1 Å². The highest BCUT2D eigenvalue weighted by Crippen LogP contribution is 2.33. The van der Waals surface area contributed by atoms with E-state index in [1.165, 1.54) is 25.7 Å². The first-order valence-electron chi connectivity index (χ1n) is 8.58. The lowest BCUT2D eigenvalue weighted by Crippen LogP contribution is -2.18. The van der Waals surface area contributed by atoms with Gasteiger partial charge in [-0.2, -0.15) is 0 Å². The number of nitrogens with two attached hydrogens (primary N) is 1. The minimum Gasteiger partial charge on any atom is -0.395 e. The van der Waals surface area contributed by atoms with Gasteiger partial charge in [0.2, 0.25) is 5.95 Å². The van der Waals surface area contributed by atoms with Crippen molar-refractivity contribution in [1.29, 1.82) is 0 Å². The second kappa shape index (κ2) is 7.19. The molecule has 25 heavy (non-hydrogen) atoms. The monoisotopic (exact) mass is 351 g/mol. The molecule has 0 bridgehead atoms. The highest BCUT2D eigenvalue weighted by atomic mass is 32.2. The van der Waals surface area contributed by atoms with Gasteiger partial charge in [0, 0.05) is 17.6 Å². The molecular formula is C19H21N5S. The van der Waals surface area contributed by atoms with E-state index in [0.717, 1.165) is 22.0 Å². The fraction of sp³-hybridized carbons (Fsp3) is 0.263. The van der Waals surface area contributed by atoms with Crippen molar-refractivity contribution in [3.8, 4) is 0 Å². The Kier molecular flexibility index (Phi) is 4.61. The zero-order chi connectivity index (χ0) is 17.1. The molecule has 2 aromatic rings. The van der Waals surface area contributed by atoms with E-state index in [9.17, 15) is 0 Å². The van der Waals surface area contributed by atoms with E-state index in [4.69, 9.17) is 5.73 Å². The molecule has 0 spiro atoms. The average Bonchev–Trinajstić information content (AvgIpc) is 3.34. The van der Waals surface area contributed by atoms with Crippen LogP contribution in [0.15, 0.2) is 53.0 Å². The third-order valence-electron chi connectivity index (χ3n) is 4.49. The van der Waals surface area contributed by atoms with Crippen molar-refractivity contribution >= 4 is 29.1 Å². The third kappa shape index (κ3) is 3.64. The summed E-state index contributed by atoms with van der Waals surface area (Å²) >= 11 is 1.59. The van der Waals surface area contributed by atoms with Gasteiger partial charge in [-0.15, -0.1) is 0 Å². The summed E-state index contributed by atoms with van der Waals surface area (Å²) in [5, 5.41) is 9.80. The van der Waals surface area contributed by atoms with Crippen molar-refractivity contribution in [2.45, 2.75) is 31.7 Å². The van der Waals surface area contributed by atoms with Crippen molar-refractivity contribution in [1.82, 2.24) is 15.3 Å². The van der Waals surface area contributed by atoms with Crippen molar-refractivity contribution < 1.29 is 0 Å². The molecule has 1 saturated carbocycles. The second-order valence-corrected chi connectivity index (χ2v) is 7.15. The van der Waals surface area contributed by atoms with E-state index in [1.54, 1.807) is 18.0 Å². The van der Waals surface area contributed by atoms with E-state index in [1.807, 2.05) is 24.3 Å². The number of hydrogen-bond donors (Lipinski definition) is 3. The van der Waals surface area contributed by atoms with Crippen molar-refractivity contribution in [2.24, 2.45) is 5.73 Å². The number of benzene rings is 1. The van der Waals surface area contributed by atoms with Gasteiger partial charge in [0.25, 0.3) is 0 Å². The summed E-state index contributed by atoms with van der Waals surface area (Å²) in [6, 6.07) is 12.5. The first kappa shape index (κ1) is 16.0. The summed E-state index contributed by atoms with van der Waals surface area (Å²) in [5.41, 5.74) is 9.95. The molecule has 1 aromatic heterocycles. The Labute approximate surface area is 151 Å². The second-order valence-electron chi connectivity index (χ2n) is 6.27. The van der Waals surface area contributed by atoms with Gasteiger partial charge in [0.15, 0.2) is 0 Å². The van der Waals surface area contributed by atoms with Gasteiger partial charge < -0.3 is 16.4 Å². The van der Waals surface area contributed by atoms with Crippen LogP contribution in [0.2, 0.25) is 0 Å². The minimum absolute atomic E-state index is 0.481. The molecule has 1 aromatic carbocycles. The van der Waals surface area contributed by atoms with Crippen LogP contribution in [-0.2, 0) is 0 Å². The summed E-state index contributed by atoms with van der Waals surface area (Å²) in [6.07, 6.45) is 6.69. The Morgan fingerprint density at radius 3 is 2.76 bits per heavy atom. The molecule has 2 heterocycles. The number of nitrogens with one attached hydrogen (secondary N) is 2. The zero-order valence-corrected chi connectivity index (χ0v) is 14.7. The quantitative estimate of drug-likeness (QED) is 0.779. The Hall–Kier alpha value is -2.47. The maximum absolute atomic E-state index is 6.36. The van der Waals surface area contributed by atoms with Crippen LogP contribution in [0.1, 0.15) is 36.9 Å². The zero-order valence-electron chi connectivity index (χ0n) is 13.9. The van der Waals surface area contributed by atoms with Crippen molar-refractivity contribution in [2.75, 3.05) is 5.32 Å². The van der Waals surface area contributed by atoms with Crippen LogP contribution in [0.5, 0.6) is 0 Å². The fourth-order valence-corrected chi connectivity index (χ4v) is 3.97. The van der Waals surface area contributed by atoms with Crippen LogP contribution in [0.4, 0.5) is 5.95 Å². The smallest absolute Gasteiger partial charge is 0.223 e. The predicted octanol–water partition coefficient (Wildman–Crippen LogP) is 3.75. The number of aromatic nitrogens is 2. The molecule has 1 aliphatic carbocycles. The number of anilines is 1. The van der Waals surface area contributed by atoms with E-state index in [-0.39, 0.29) is 0 Å². The van der Waals surface area contributed by atoms with Crippen molar-refractivity contribution in [3.63, 3.8) is 0 Å². The Balaban J connectivity index is 1.51. The predicted molar refractivity (Wildman–Crippen MR) is 104 cm³/mol. The SMILES string of the molecule is N/C(=C1\NC(c2ccccc2)=CS1)c1ccnc(NC2CCCC2)n1. The molecule has 5 nitrogen and oxygen atoms in total. The Morgan fingerprint density at radius 2 is 1.96 bits per heavy atom. The summed E-state index contributed by atoms with van der Waals surface area (Å²) in [5.74, 6) is 0.659. The first-order valence-corrected chi connectivity index (χ1v) is 9.46. The van der Waals surface area contributed by atoms with Gasteiger partial charge in [0.1, 0.15) is 5.03 Å². The van der Waals surface area contributed by atoms with Gasteiger partial charge in [-0.25, -0.2) is 9.97 Å². The lowest BCUT2D eigenvalue weighted by atomic mass is 10.2. The van der Waals surface area contributed by atoms with Crippen LogP contribution < -0.4 is 16.4 Å².